The van der Waals surface area contributed by atoms with Crippen molar-refractivity contribution in [1.29, 1.82) is 0 Å². The van der Waals surface area contributed by atoms with Crippen LogP contribution in [0.1, 0.15) is 19.4 Å². The zero-order valence-corrected chi connectivity index (χ0v) is 15.3. The van der Waals surface area contributed by atoms with Crippen molar-refractivity contribution in [3.63, 3.8) is 0 Å². The van der Waals surface area contributed by atoms with Crippen molar-refractivity contribution < 1.29 is 14.3 Å². The first-order valence-corrected chi connectivity index (χ1v) is 8.72. The third kappa shape index (κ3) is 4.46. The molecule has 3 rings (SSSR count). The largest absolute Gasteiger partial charge is 0.490 e. The number of hydrazine groups is 1. The Morgan fingerprint density at radius 2 is 1.70 bits per heavy atom. The molecule has 0 aliphatic heterocycles. The van der Waals surface area contributed by atoms with Crippen LogP contribution in [0, 0.1) is 0 Å². The molecule has 3 aromatic rings. The molecule has 0 aliphatic rings. The van der Waals surface area contributed by atoms with Gasteiger partial charge in [-0.3, -0.25) is 10.2 Å². The molecule has 1 amide bonds. The Labute approximate surface area is 158 Å². The Kier molecular flexibility index (Phi) is 5.74. The first-order valence-electron chi connectivity index (χ1n) is 8.72. The number of benzene rings is 3. The molecular weight excluding hydrogens is 340 g/mol. The van der Waals surface area contributed by atoms with Crippen LogP contribution in [0.4, 0.5) is 0 Å². The molecule has 0 unspecified atom stereocenters. The number of nitrogens with one attached hydrogen (secondary N) is 1. The van der Waals surface area contributed by atoms with Gasteiger partial charge in [-0.1, -0.05) is 48.5 Å². The molecule has 27 heavy (non-hydrogen) atoms. The van der Waals surface area contributed by atoms with Crippen LogP contribution in [0.5, 0.6) is 11.5 Å². The van der Waals surface area contributed by atoms with Crippen LogP contribution in [0.2, 0.25) is 0 Å². The van der Waals surface area contributed by atoms with E-state index in [9.17, 15) is 4.79 Å². The van der Waals surface area contributed by atoms with E-state index in [4.69, 9.17) is 15.3 Å². The zero-order chi connectivity index (χ0) is 19.2. The summed E-state index contributed by atoms with van der Waals surface area (Å²) in [5.74, 6) is 6.12. The van der Waals surface area contributed by atoms with Crippen LogP contribution in [0.3, 0.4) is 0 Å². The Morgan fingerprint density at radius 3 is 2.41 bits per heavy atom. The highest BCUT2D eigenvalue weighted by Gasteiger charge is 2.15. The summed E-state index contributed by atoms with van der Waals surface area (Å²) < 4.78 is 11.7. The maximum Gasteiger partial charge on any atom is 0.300 e. The molecule has 0 atom stereocenters. The third-order valence-corrected chi connectivity index (χ3v) is 3.89. The summed E-state index contributed by atoms with van der Waals surface area (Å²) in [5.41, 5.74) is 2.90. The van der Waals surface area contributed by atoms with Crippen LogP contribution in [0.15, 0.2) is 72.5 Å². The lowest BCUT2D eigenvalue weighted by molar-refractivity contribution is -0.119. The number of fused-ring (bicyclic) bond motifs is 1. The van der Waals surface area contributed by atoms with Gasteiger partial charge in [-0.2, -0.15) is 0 Å². The first-order chi connectivity index (χ1) is 13.1. The molecule has 138 valence electrons. The molecule has 0 bridgehead atoms. The van der Waals surface area contributed by atoms with Gasteiger partial charge in [0.15, 0.2) is 5.76 Å². The van der Waals surface area contributed by atoms with E-state index in [1.807, 2.05) is 68.4 Å². The van der Waals surface area contributed by atoms with Crippen molar-refractivity contribution >= 4 is 22.8 Å². The number of ether oxygens (including phenoxy) is 2. The molecule has 0 radical (unpaired) electrons. The second-order valence-corrected chi connectivity index (χ2v) is 6.26. The molecule has 0 spiro atoms. The van der Waals surface area contributed by atoms with Crippen molar-refractivity contribution in [1.82, 2.24) is 5.43 Å². The van der Waals surface area contributed by atoms with E-state index in [-0.39, 0.29) is 11.9 Å². The van der Waals surface area contributed by atoms with E-state index >= 15 is 0 Å². The highest BCUT2D eigenvalue weighted by molar-refractivity contribution is 6.00. The Balaban J connectivity index is 2.15. The van der Waals surface area contributed by atoms with Crippen molar-refractivity contribution in [3.05, 3.63) is 78.1 Å². The minimum Gasteiger partial charge on any atom is -0.490 e. The zero-order valence-electron chi connectivity index (χ0n) is 15.3. The lowest BCUT2D eigenvalue weighted by atomic mass is 10.0. The van der Waals surface area contributed by atoms with E-state index < -0.39 is 5.91 Å². The van der Waals surface area contributed by atoms with Crippen molar-refractivity contribution in [2.45, 2.75) is 20.0 Å². The maximum atomic E-state index is 12.3. The van der Waals surface area contributed by atoms with Crippen LogP contribution >= 0.6 is 0 Å². The molecule has 0 saturated carbocycles. The molecule has 0 saturated heterocycles. The third-order valence-electron chi connectivity index (χ3n) is 3.89. The SMILES string of the molecule is CC(C)Oc1ccc2ccccc2c1C=C(Oc1ccccc1)C(=O)NN. The smallest absolute Gasteiger partial charge is 0.300 e. The van der Waals surface area contributed by atoms with E-state index in [1.165, 1.54) is 0 Å². The highest BCUT2D eigenvalue weighted by Crippen LogP contribution is 2.31. The first kappa shape index (κ1) is 18.5. The topological polar surface area (TPSA) is 73.6 Å². The number of hydrogen-bond donors (Lipinski definition) is 2. The van der Waals surface area contributed by atoms with Crippen molar-refractivity contribution in [3.8, 4) is 11.5 Å². The Hall–Kier alpha value is -3.31. The maximum absolute atomic E-state index is 12.3. The summed E-state index contributed by atoms with van der Waals surface area (Å²) in [4.78, 5) is 12.3. The molecule has 0 fully saturated rings. The number of carbonyl (C=O) groups is 1. The van der Waals surface area contributed by atoms with E-state index in [0.29, 0.717) is 11.5 Å². The lowest BCUT2D eigenvalue weighted by Gasteiger charge is -2.16. The molecule has 0 aliphatic carbocycles. The number of rotatable bonds is 6. The normalized spacial score (nSPS) is 11.5. The van der Waals surface area contributed by atoms with Crippen LogP contribution < -0.4 is 20.7 Å². The van der Waals surface area contributed by atoms with Gasteiger partial charge in [0.25, 0.3) is 0 Å². The number of nitrogens with two attached hydrogens (primary N) is 1. The lowest BCUT2D eigenvalue weighted by Crippen LogP contribution is -2.33. The van der Waals surface area contributed by atoms with Gasteiger partial charge in [-0.15, -0.1) is 0 Å². The summed E-state index contributed by atoms with van der Waals surface area (Å²) in [7, 11) is 0. The van der Waals surface area contributed by atoms with Gasteiger partial charge < -0.3 is 9.47 Å². The van der Waals surface area contributed by atoms with Gasteiger partial charge in [0.2, 0.25) is 0 Å². The molecule has 3 N–H and O–H groups in total. The summed E-state index contributed by atoms with van der Waals surface area (Å²) in [5, 5.41) is 1.99. The quantitative estimate of drug-likeness (QED) is 0.228. The second-order valence-electron chi connectivity index (χ2n) is 6.26. The van der Waals surface area contributed by atoms with Gasteiger partial charge in [0.1, 0.15) is 11.5 Å². The molecule has 0 heterocycles. The van der Waals surface area contributed by atoms with E-state index in [2.05, 4.69) is 5.43 Å². The average Bonchev–Trinajstić information content (AvgIpc) is 2.68. The van der Waals surface area contributed by atoms with Gasteiger partial charge in [0.05, 0.1) is 6.10 Å². The minimum atomic E-state index is -0.526. The van der Waals surface area contributed by atoms with Gasteiger partial charge >= 0.3 is 5.91 Å². The summed E-state index contributed by atoms with van der Waals surface area (Å²) in [6.45, 7) is 3.91. The van der Waals surface area contributed by atoms with Crippen LogP contribution in [0.25, 0.3) is 16.8 Å². The van der Waals surface area contributed by atoms with Crippen LogP contribution in [-0.4, -0.2) is 12.0 Å². The van der Waals surface area contributed by atoms with Gasteiger partial charge in [-0.25, -0.2) is 5.84 Å². The standard InChI is InChI=1S/C22H22N2O3/c1-15(2)26-20-13-12-16-8-6-7-11-18(16)19(20)14-21(22(25)24-23)27-17-9-4-3-5-10-17/h3-15H,23H2,1-2H3,(H,24,25). The number of para-hydroxylation sites is 1. The summed E-state index contributed by atoms with van der Waals surface area (Å²) in [6.07, 6.45) is 1.65. The van der Waals surface area contributed by atoms with Crippen molar-refractivity contribution in [2.75, 3.05) is 0 Å². The molecule has 5 heteroatoms. The Morgan fingerprint density at radius 1 is 1.00 bits per heavy atom. The highest BCUT2D eigenvalue weighted by atomic mass is 16.5. The minimum absolute atomic E-state index is 0.0138. The van der Waals surface area contributed by atoms with Gasteiger partial charge in [0, 0.05) is 5.56 Å². The van der Waals surface area contributed by atoms with Gasteiger partial charge in [-0.05, 0) is 48.9 Å². The number of amides is 1. The predicted molar refractivity (Wildman–Crippen MR) is 107 cm³/mol. The van der Waals surface area contributed by atoms with Crippen LogP contribution in [-0.2, 0) is 4.79 Å². The average molecular weight is 362 g/mol. The molecule has 0 aromatic heterocycles. The number of carbonyl (C=O) groups excluding carboxylic acids is 1. The Bertz CT molecular complexity index is 966. The fraction of sp³-hybridized carbons (Fsp3) is 0.136. The second kappa shape index (κ2) is 8.38. The fourth-order valence-corrected chi connectivity index (χ4v) is 2.74. The monoisotopic (exact) mass is 362 g/mol. The van der Waals surface area contributed by atoms with Crippen molar-refractivity contribution in [2.24, 2.45) is 5.84 Å². The fourth-order valence-electron chi connectivity index (χ4n) is 2.74. The summed E-state index contributed by atoms with van der Waals surface area (Å²) >= 11 is 0. The van der Waals surface area contributed by atoms with E-state index in [0.717, 1.165) is 16.3 Å². The summed E-state index contributed by atoms with van der Waals surface area (Å²) in [6, 6.07) is 20.9. The predicted octanol–water partition coefficient (Wildman–Crippen LogP) is 4.04. The van der Waals surface area contributed by atoms with E-state index in [1.54, 1.807) is 18.2 Å². The number of hydrogen-bond acceptors (Lipinski definition) is 4. The molecule has 5 nitrogen and oxygen atoms in total. The molecular formula is C22H22N2O3. The molecule has 3 aromatic carbocycles.